The van der Waals surface area contributed by atoms with E-state index in [0.717, 1.165) is 0 Å². The van der Waals surface area contributed by atoms with Crippen LogP contribution in [0.4, 0.5) is 0 Å². The fourth-order valence-electron chi connectivity index (χ4n) is 2.75. The summed E-state index contributed by atoms with van der Waals surface area (Å²) in [4.78, 5) is 11.4. The lowest BCUT2D eigenvalue weighted by molar-refractivity contribution is -0.145. The lowest BCUT2D eigenvalue weighted by atomic mass is 9.90. The second-order valence-electron chi connectivity index (χ2n) is 6.27. The third-order valence-corrected chi connectivity index (χ3v) is 4.04. The van der Waals surface area contributed by atoms with E-state index in [1.54, 1.807) is 18.2 Å². The quantitative estimate of drug-likeness (QED) is 0.591. The molecular formula is C16H18O7. The first-order valence-corrected chi connectivity index (χ1v) is 7.20. The highest BCUT2D eigenvalue weighted by molar-refractivity contribution is 5.83. The summed E-state index contributed by atoms with van der Waals surface area (Å²) in [6, 6.07) is 6.07. The Hall–Kier alpha value is -1.93. The van der Waals surface area contributed by atoms with Crippen molar-refractivity contribution in [1.82, 2.24) is 0 Å². The molecule has 3 rings (SSSR count). The van der Waals surface area contributed by atoms with Gasteiger partial charge in [-0.25, -0.2) is 4.79 Å². The maximum Gasteiger partial charge on any atom is 0.336 e. The summed E-state index contributed by atoms with van der Waals surface area (Å²) in [7, 11) is 0. The van der Waals surface area contributed by atoms with Crippen LogP contribution in [0.25, 0.3) is 11.0 Å². The number of aliphatic hydroxyl groups is 4. The zero-order chi connectivity index (χ0) is 16.9. The molecule has 4 N–H and O–H groups in total. The number of hydrogen-bond donors (Lipinski definition) is 4. The SMILES string of the molecule is CC(C)(O)C(O)C(O)C1Oc2ccc3ccc(=O)oc3c2C1O. The van der Waals surface area contributed by atoms with Gasteiger partial charge in [-0.1, -0.05) is 0 Å². The van der Waals surface area contributed by atoms with Gasteiger partial charge in [0.2, 0.25) is 0 Å². The molecule has 7 nitrogen and oxygen atoms in total. The van der Waals surface area contributed by atoms with Crippen molar-refractivity contribution in [2.24, 2.45) is 0 Å². The monoisotopic (exact) mass is 322 g/mol. The van der Waals surface area contributed by atoms with Crippen molar-refractivity contribution < 1.29 is 29.6 Å². The van der Waals surface area contributed by atoms with Gasteiger partial charge in [0, 0.05) is 11.5 Å². The average Bonchev–Trinajstić information content (AvgIpc) is 2.82. The molecule has 0 fully saturated rings. The highest BCUT2D eigenvalue weighted by atomic mass is 16.5. The molecule has 0 aliphatic carbocycles. The van der Waals surface area contributed by atoms with E-state index in [0.29, 0.717) is 5.39 Å². The highest BCUT2D eigenvalue weighted by Crippen LogP contribution is 2.42. The molecular weight excluding hydrogens is 304 g/mol. The molecule has 2 heterocycles. The second-order valence-corrected chi connectivity index (χ2v) is 6.27. The standard InChI is InChI=1S/C16H18O7/c1-16(2,21)15(20)12(19)14-11(18)10-8(22-14)5-3-7-4-6-9(17)23-13(7)10/h3-6,11-12,14-15,18-21H,1-2H3. The summed E-state index contributed by atoms with van der Waals surface area (Å²) in [6.07, 6.45) is -5.58. The molecule has 4 atom stereocenters. The van der Waals surface area contributed by atoms with Crippen molar-refractivity contribution in [2.45, 2.75) is 43.9 Å². The van der Waals surface area contributed by atoms with E-state index in [2.05, 4.69) is 0 Å². The molecule has 2 aromatic rings. The molecule has 7 heteroatoms. The van der Waals surface area contributed by atoms with E-state index in [4.69, 9.17) is 9.15 Å². The van der Waals surface area contributed by atoms with Gasteiger partial charge in [0.1, 0.15) is 29.6 Å². The van der Waals surface area contributed by atoms with Crippen LogP contribution in [-0.2, 0) is 0 Å². The minimum absolute atomic E-state index is 0.176. The van der Waals surface area contributed by atoms with Crippen LogP contribution in [-0.4, -0.2) is 44.3 Å². The van der Waals surface area contributed by atoms with E-state index >= 15 is 0 Å². The number of benzene rings is 1. The zero-order valence-corrected chi connectivity index (χ0v) is 12.6. The molecule has 0 saturated heterocycles. The lowest BCUT2D eigenvalue weighted by Crippen LogP contribution is -2.51. The van der Waals surface area contributed by atoms with E-state index < -0.39 is 35.6 Å². The summed E-state index contributed by atoms with van der Waals surface area (Å²) >= 11 is 0. The Balaban J connectivity index is 2.02. The molecule has 124 valence electrons. The third-order valence-electron chi connectivity index (χ3n) is 4.04. The molecule has 0 spiro atoms. The Morgan fingerprint density at radius 1 is 1.17 bits per heavy atom. The topological polar surface area (TPSA) is 120 Å². The van der Waals surface area contributed by atoms with Gasteiger partial charge in [-0.2, -0.15) is 0 Å². The Morgan fingerprint density at radius 3 is 2.48 bits per heavy atom. The number of fused-ring (bicyclic) bond motifs is 3. The Bertz CT molecular complexity index is 789. The number of aliphatic hydroxyl groups excluding tert-OH is 3. The maximum atomic E-state index is 11.4. The smallest absolute Gasteiger partial charge is 0.336 e. The van der Waals surface area contributed by atoms with Crippen molar-refractivity contribution in [3.05, 3.63) is 40.2 Å². The molecule has 1 aliphatic rings. The van der Waals surface area contributed by atoms with Crippen molar-refractivity contribution in [3.63, 3.8) is 0 Å². The molecule has 23 heavy (non-hydrogen) atoms. The fraction of sp³-hybridized carbons (Fsp3) is 0.438. The molecule has 0 bridgehead atoms. The van der Waals surface area contributed by atoms with Crippen LogP contribution in [0.15, 0.2) is 33.5 Å². The molecule has 0 saturated carbocycles. The van der Waals surface area contributed by atoms with Crippen LogP contribution in [0.5, 0.6) is 5.75 Å². The zero-order valence-electron chi connectivity index (χ0n) is 12.6. The number of rotatable bonds is 3. The van der Waals surface area contributed by atoms with Crippen molar-refractivity contribution in [2.75, 3.05) is 0 Å². The molecule has 0 amide bonds. The molecule has 1 aromatic heterocycles. The van der Waals surface area contributed by atoms with Crippen LogP contribution in [0.1, 0.15) is 25.5 Å². The first-order valence-electron chi connectivity index (χ1n) is 7.20. The van der Waals surface area contributed by atoms with Gasteiger partial charge in [0.15, 0.2) is 6.10 Å². The molecule has 0 radical (unpaired) electrons. The van der Waals surface area contributed by atoms with Gasteiger partial charge in [-0.15, -0.1) is 0 Å². The number of hydrogen-bond acceptors (Lipinski definition) is 7. The summed E-state index contributed by atoms with van der Waals surface area (Å²) < 4.78 is 10.7. The van der Waals surface area contributed by atoms with Crippen LogP contribution in [0.3, 0.4) is 0 Å². The first-order chi connectivity index (χ1) is 10.7. The van der Waals surface area contributed by atoms with Crippen LogP contribution < -0.4 is 10.4 Å². The minimum Gasteiger partial charge on any atom is -0.484 e. The predicted molar refractivity (Wildman–Crippen MR) is 80.2 cm³/mol. The third kappa shape index (κ3) is 2.61. The van der Waals surface area contributed by atoms with Gasteiger partial charge in [0.25, 0.3) is 0 Å². The maximum absolute atomic E-state index is 11.4. The summed E-state index contributed by atoms with van der Waals surface area (Å²) in [5.74, 6) is 0.256. The highest BCUT2D eigenvalue weighted by Gasteiger charge is 2.45. The number of ether oxygens (including phenoxy) is 1. The Morgan fingerprint density at radius 2 is 1.83 bits per heavy atom. The average molecular weight is 322 g/mol. The predicted octanol–water partition coefficient (Wildman–Crippen LogP) is 0.0801. The van der Waals surface area contributed by atoms with Crippen molar-refractivity contribution in [3.8, 4) is 5.75 Å². The van der Waals surface area contributed by atoms with Gasteiger partial charge < -0.3 is 29.6 Å². The summed E-state index contributed by atoms with van der Waals surface area (Å²) in [5.41, 5.74) is -1.73. The lowest BCUT2D eigenvalue weighted by Gasteiger charge is -2.32. The normalized spacial score (nSPS) is 23.4. The van der Waals surface area contributed by atoms with Gasteiger partial charge in [-0.05, 0) is 32.0 Å². The first kappa shape index (κ1) is 15.9. The van der Waals surface area contributed by atoms with Crippen molar-refractivity contribution >= 4 is 11.0 Å². The molecule has 1 aliphatic heterocycles. The van der Waals surface area contributed by atoms with E-state index in [-0.39, 0.29) is 16.9 Å². The molecule has 1 aromatic carbocycles. The summed E-state index contributed by atoms with van der Waals surface area (Å²) in [6.45, 7) is 2.67. The van der Waals surface area contributed by atoms with E-state index in [1.807, 2.05) is 0 Å². The van der Waals surface area contributed by atoms with E-state index in [9.17, 15) is 25.2 Å². The minimum atomic E-state index is -1.58. The Kier molecular flexibility index (Phi) is 3.68. The summed E-state index contributed by atoms with van der Waals surface area (Å²) in [5, 5.41) is 41.1. The Labute approximate surface area is 131 Å². The van der Waals surface area contributed by atoms with Crippen LogP contribution in [0, 0.1) is 0 Å². The van der Waals surface area contributed by atoms with Gasteiger partial charge in [0.05, 0.1) is 11.2 Å². The van der Waals surface area contributed by atoms with Gasteiger partial charge >= 0.3 is 5.63 Å². The fourth-order valence-corrected chi connectivity index (χ4v) is 2.75. The largest absolute Gasteiger partial charge is 0.484 e. The van der Waals surface area contributed by atoms with E-state index in [1.165, 1.54) is 19.9 Å². The van der Waals surface area contributed by atoms with Crippen LogP contribution in [0.2, 0.25) is 0 Å². The molecule has 4 unspecified atom stereocenters. The van der Waals surface area contributed by atoms with Crippen molar-refractivity contribution in [1.29, 1.82) is 0 Å². The second kappa shape index (κ2) is 5.31. The van der Waals surface area contributed by atoms with Crippen LogP contribution >= 0.6 is 0 Å². The van der Waals surface area contributed by atoms with Gasteiger partial charge in [-0.3, -0.25) is 0 Å².